The van der Waals surface area contributed by atoms with Gasteiger partial charge in [0.05, 0.1) is 25.4 Å². The molecule has 5 fully saturated rings. The molecule has 156 valence electrons. The normalized spacial score (nSPS) is 41.8. The Kier molecular flexibility index (Phi) is 5.19. The molecule has 1 unspecified atom stereocenters. The molecule has 0 aromatic carbocycles. The van der Waals surface area contributed by atoms with E-state index >= 15 is 0 Å². The highest BCUT2D eigenvalue weighted by Crippen LogP contribution is 2.60. The molecule has 0 spiro atoms. The minimum absolute atomic E-state index is 0.109. The Balaban J connectivity index is 1.29. The van der Waals surface area contributed by atoms with Crippen molar-refractivity contribution in [1.82, 2.24) is 4.90 Å². The van der Waals surface area contributed by atoms with E-state index in [2.05, 4.69) is 32.6 Å². The van der Waals surface area contributed by atoms with Crippen LogP contribution in [-0.4, -0.2) is 58.2 Å². The minimum atomic E-state index is -0.465. The van der Waals surface area contributed by atoms with Crippen LogP contribution in [0.15, 0.2) is 0 Å². The van der Waals surface area contributed by atoms with E-state index in [1.165, 1.54) is 38.5 Å². The zero-order chi connectivity index (χ0) is 19.4. The number of hydrogen-bond donors (Lipinski definition) is 2. The Morgan fingerprint density at radius 3 is 1.85 bits per heavy atom. The van der Waals surface area contributed by atoms with Crippen LogP contribution in [0.25, 0.3) is 0 Å². The highest BCUT2D eigenvalue weighted by Gasteiger charge is 2.51. The van der Waals surface area contributed by atoms with Gasteiger partial charge in [0, 0.05) is 17.6 Å². The summed E-state index contributed by atoms with van der Waals surface area (Å²) in [5.41, 5.74) is 0.201. The van der Waals surface area contributed by atoms with Crippen molar-refractivity contribution >= 4 is 0 Å². The molecule has 5 rings (SSSR count). The smallest absolute Gasteiger partial charge is 0.0900 e. The molecule has 0 aromatic heterocycles. The van der Waals surface area contributed by atoms with E-state index in [0.717, 1.165) is 37.2 Å². The third kappa shape index (κ3) is 4.10. The van der Waals surface area contributed by atoms with Gasteiger partial charge in [-0.15, -0.1) is 0 Å². The minimum Gasteiger partial charge on any atom is -0.393 e. The van der Waals surface area contributed by atoms with Crippen molar-refractivity contribution in [2.24, 2.45) is 23.2 Å². The zero-order valence-corrected chi connectivity index (χ0v) is 17.9. The van der Waals surface area contributed by atoms with E-state index in [4.69, 9.17) is 4.74 Å². The molecular weight excluding hydrogens is 338 g/mol. The van der Waals surface area contributed by atoms with Gasteiger partial charge < -0.3 is 14.9 Å². The fourth-order valence-electron chi connectivity index (χ4n) is 7.90. The number of rotatable bonds is 6. The lowest BCUT2D eigenvalue weighted by Crippen LogP contribution is -2.63. The van der Waals surface area contributed by atoms with Crippen LogP contribution in [-0.2, 0) is 4.74 Å². The largest absolute Gasteiger partial charge is 0.393 e. The Bertz CT molecular complexity index is 490. The summed E-state index contributed by atoms with van der Waals surface area (Å²) < 4.78 is 6.15. The van der Waals surface area contributed by atoms with Crippen LogP contribution >= 0.6 is 0 Å². The predicted octanol–water partition coefficient (Wildman–Crippen LogP) is 3.59. The average Bonchev–Trinajstić information content (AvgIpc) is 2.48. The third-order valence-corrected chi connectivity index (χ3v) is 8.21. The molecule has 4 aliphatic carbocycles. The lowest BCUT2D eigenvalue weighted by atomic mass is 9.50. The monoisotopic (exact) mass is 379 g/mol. The van der Waals surface area contributed by atoms with Gasteiger partial charge >= 0.3 is 0 Å². The summed E-state index contributed by atoms with van der Waals surface area (Å²) in [6.07, 6.45) is 9.28. The van der Waals surface area contributed by atoms with Crippen molar-refractivity contribution in [1.29, 1.82) is 0 Å². The van der Waals surface area contributed by atoms with Crippen LogP contribution in [0, 0.1) is 23.2 Å². The standard InChI is InChI=1S/C23H41NO3/c1-21(2)11-19(25)12-22(3,4)24(21)13-20(26)14-27-15-23-8-16-5-17(9-23)7-18(6-16)10-23/h16-20,25-26H,5-15H2,1-4H3. The molecule has 2 N–H and O–H groups in total. The number of β-amino-alcohol motifs (C(OH)–C–C–N with tert-alkyl or cyclic N) is 1. The first-order chi connectivity index (χ1) is 12.6. The molecule has 4 nitrogen and oxygen atoms in total. The highest BCUT2D eigenvalue weighted by atomic mass is 16.5. The molecule has 4 heteroatoms. The molecule has 4 bridgehead atoms. The lowest BCUT2D eigenvalue weighted by molar-refractivity contribution is -0.123. The number of piperidine rings is 1. The number of aliphatic hydroxyl groups excluding tert-OH is 2. The van der Waals surface area contributed by atoms with E-state index < -0.39 is 6.10 Å². The second kappa shape index (κ2) is 6.97. The quantitative estimate of drug-likeness (QED) is 0.740. The molecule has 27 heavy (non-hydrogen) atoms. The lowest BCUT2D eigenvalue weighted by Gasteiger charge is -2.56. The van der Waals surface area contributed by atoms with Crippen LogP contribution < -0.4 is 0 Å². The Morgan fingerprint density at radius 1 is 0.889 bits per heavy atom. The summed E-state index contributed by atoms with van der Waals surface area (Å²) in [5, 5.41) is 20.9. The molecule has 0 aromatic rings. The van der Waals surface area contributed by atoms with Gasteiger partial charge in [-0.1, -0.05) is 0 Å². The third-order valence-electron chi connectivity index (χ3n) is 8.21. The first-order valence-corrected chi connectivity index (χ1v) is 11.3. The summed E-state index contributed by atoms with van der Waals surface area (Å²) in [5.74, 6) is 2.85. The highest BCUT2D eigenvalue weighted by molar-refractivity contribution is 5.02. The topological polar surface area (TPSA) is 52.9 Å². The maximum atomic E-state index is 10.7. The van der Waals surface area contributed by atoms with Crippen LogP contribution in [0.1, 0.15) is 79.1 Å². The summed E-state index contributed by atoms with van der Waals surface area (Å²) in [7, 11) is 0. The summed E-state index contributed by atoms with van der Waals surface area (Å²) in [6, 6.07) is 0. The molecule has 1 aliphatic heterocycles. The zero-order valence-electron chi connectivity index (χ0n) is 17.9. The summed E-state index contributed by atoms with van der Waals surface area (Å²) >= 11 is 0. The Hall–Kier alpha value is -0.160. The summed E-state index contributed by atoms with van der Waals surface area (Å²) in [6.45, 7) is 10.6. The molecule has 5 aliphatic rings. The average molecular weight is 380 g/mol. The second-order valence-corrected chi connectivity index (χ2v) is 11.9. The fourth-order valence-corrected chi connectivity index (χ4v) is 7.90. The van der Waals surface area contributed by atoms with Crippen LogP contribution in [0.5, 0.6) is 0 Å². The van der Waals surface area contributed by atoms with E-state index in [0.29, 0.717) is 18.6 Å². The number of nitrogens with zero attached hydrogens (tertiary/aromatic N) is 1. The van der Waals surface area contributed by atoms with Crippen molar-refractivity contribution in [2.45, 2.75) is 102 Å². The van der Waals surface area contributed by atoms with Gasteiger partial charge in [0.1, 0.15) is 0 Å². The van der Waals surface area contributed by atoms with E-state index in [1.807, 2.05) is 0 Å². The molecule has 1 atom stereocenters. The predicted molar refractivity (Wildman–Crippen MR) is 108 cm³/mol. The number of likely N-dealkylation sites (tertiary alicyclic amines) is 1. The van der Waals surface area contributed by atoms with Crippen LogP contribution in [0.4, 0.5) is 0 Å². The SMILES string of the molecule is CC1(C)CC(O)CC(C)(C)N1CC(O)COCC12CC3CC(CC(C3)C1)C2. The first kappa shape index (κ1) is 20.1. The molecule has 0 radical (unpaired) electrons. The van der Waals surface area contributed by atoms with E-state index in [9.17, 15) is 10.2 Å². The van der Waals surface area contributed by atoms with Gasteiger partial charge in [0.15, 0.2) is 0 Å². The number of hydrogen-bond acceptors (Lipinski definition) is 4. The molecule has 1 saturated heterocycles. The van der Waals surface area contributed by atoms with Crippen LogP contribution in [0.2, 0.25) is 0 Å². The number of ether oxygens (including phenoxy) is 1. The Morgan fingerprint density at radius 2 is 1.37 bits per heavy atom. The van der Waals surface area contributed by atoms with Gasteiger partial charge in [-0.3, -0.25) is 4.90 Å². The first-order valence-electron chi connectivity index (χ1n) is 11.3. The Labute approximate surface area is 165 Å². The van der Waals surface area contributed by atoms with E-state index in [-0.39, 0.29) is 17.2 Å². The van der Waals surface area contributed by atoms with Crippen molar-refractivity contribution in [3.05, 3.63) is 0 Å². The van der Waals surface area contributed by atoms with Gasteiger partial charge in [0.2, 0.25) is 0 Å². The van der Waals surface area contributed by atoms with Crippen molar-refractivity contribution in [2.75, 3.05) is 19.8 Å². The van der Waals surface area contributed by atoms with Crippen LogP contribution in [0.3, 0.4) is 0 Å². The maximum absolute atomic E-state index is 10.7. The second-order valence-electron chi connectivity index (χ2n) is 11.9. The fraction of sp³-hybridized carbons (Fsp3) is 1.00. The number of aliphatic hydroxyl groups is 2. The van der Waals surface area contributed by atoms with Crippen molar-refractivity contribution in [3.8, 4) is 0 Å². The molecule has 1 heterocycles. The van der Waals surface area contributed by atoms with E-state index in [1.54, 1.807) is 0 Å². The molecule has 4 saturated carbocycles. The van der Waals surface area contributed by atoms with Gasteiger partial charge in [-0.05, 0) is 102 Å². The van der Waals surface area contributed by atoms with Crippen molar-refractivity contribution < 1.29 is 14.9 Å². The van der Waals surface area contributed by atoms with Crippen molar-refractivity contribution in [3.63, 3.8) is 0 Å². The summed E-state index contributed by atoms with van der Waals surface area (Å²) in [4.78, 5) is 2.38. The van der Waals surface area contributed by atoms with Gasteiger partial charge in [0.25, 0.3) is 0 Å². The molecular formula is C23H41NO3. The van der Waals surface area contributed by atoms with Gasteiger partial charge in [-0.2, -0.15) is 0 Å². The molecule has 0 amide bonds. The van der Waals surface area contributed by atoms with Gasteiger partial charge in [-0.25, -0.2) is 0 Å². The maximum Gasteiger partial charge on any atom is 0.0900 e.